The van der Waals surface area contributed by atoms with Gasteiger partial charge in [0.15, 0.2) is 23.1 Å². The molecule has 0 aliphatic heterocycles. The molecule has 0 atom stereocenters. The Balaban J connectivity index is 1.41. The van der Waals surface area contributed by atoms with Crippen molar-refractivity contribution in [2.45, 2.75) is 25.8 Å². The van der Waals surface area contributed by atoms with Gasteiger partial charge in [0.05, 0.1) is 24.6 Å². The second-order valence-electron chi connectivity index (χ2n) is 8.86. The van der Waals surface area contributed by atoms with Crippen molar-refractivity contribution >= 4 is 21.8 Å². The van der Waals surface area contributed by atoms with Crippen molar-refractivity contribution < 1.29 is 18.6 Å². The van der Waals surface area contributed by atoms with Crippen LogP contribution in [0, 0.1) is 18.7 Å². The lowest BCUT2D eigenvalue weighted by molar-refractivity contribution is 0.0822. The molecule has 7 nitrogen and oxygen atoms in total. The molecule has 2 aromatic heterocycles. The standard InChI is InChI=1S/C25H27FN4O3/c1-14-7-17-19(29-14)5-6-21(24(17)26)33-25-18-10-22(31-4)23(11-20(18)27-13-28-25)32-12-15-8-16(9-15)30(2)3/h5-7,10-11,13,15-16,29H,8-9,12H2,1-4H3. The van der Waals surface area contributed by atoms with E-state index in [1.807, 2.05) is 13.0 Å². The average molecular weight is 451 g/mol. The SMILES string of the molecule is COc1cc2c(Oc3ccc4[nH]c(C)cc4c3F)ncnc2cc1OCC1CC(N(C)C)C1. The van der Waals surface area contributed by atoms with E-state index in [2.05, 4.69) is 33.9 Å². The van der Waals surface area contributed by atoms with Gasteiger partial charge in [-0.3, -0.25) is 0 Å². The third-order valence-corrected chi connectivity index (χ3v) is 6.34. The van der Waals surface area contributed by atoms with Crippen LogP contribution >= 0.6 is 0 Å². The number of halogens is 1. The number of nitrogens with one attached hydrogen (secondary N) is 1. The Morgan fingerprint density at radius 2 is 1.88 bits per heavy atom. The molecule has 4 aromatic rings. The van der Waals surface area contributed by atoms with E-state index in [0.717, 1.165) is 24.1 Å². The Labute approximate surface area is 191 Å². The number of aromatic amines is 1. The zero-order valence-electron chi connectivity index (χ0n) is 19.2. The lowest BCUT2D eigenvalue weighted by atomic mass is 9.80. The van der Waals surface area contributed by atoms with Gasteiger partial charge < -0.3 is 24.1 Å². The van der Waals surface area contributed by atoms with E-state index in [4.69, 9.17) is 14.2 Å². The van der Waals surface area contributed by atoms with E-state index < -0.39 is 5.82 Å². The van der Waals surface area contributed by atoms with Gasteiger partial charge in [-0.05, 0) is 64.0 Å². The molecule has 0 spiro atoms. The average Bonchev–Trinajstić information content (AvgIpc) is 3.15. The van der Waals surface area contributed by atoms with E-state index >= 15 is 4.39 Å². The number of methoxy groups -OCH3 is 1. The maximum Gasteiger partial charge on any atom is 0.230 e. The maximum absolute atomic E-state index is 15.0. The lowest BCUT2D eigenvalue weighted by Gasteiger charge is -2.39. The highest BCUT2D eigenvalue weighted by Gasteiger charge is 2.31. The molecule has 0 radical (unpaired) electrons. The van der Waals surface area contributed by atoms with Gasteiger partial charge >= 0.3 is 0 Å². The molecule has 33 heavy (non-hydrogen) atoms. The van der Waals surface area contributed by atoms with Gasteiger partial charge in [0, 0.05) is 28.7 Å². The largest absolute Gasteiger partial charge is 0.493 e. The van der Waals surface area contributed by atoms with E-state index in [1.54, 1.807) is 31.4 Å². The van der Waals surface area contributed by atoms with Crippen LogP contribution in [0.5, 0.6) is 23.1 Å². The predicted molar refractivity (Wildman–Crippen MR) is 125 cm³/mol. The smallest absolute Gasteiger partial charge is 0.230 e. The molecule has 1 N–H and O–H groups in total. The Kier molecular flexibility index (Phi) is 5.54. The first kappa shape index (κ1) is 21.5. The molecule has 1 aliphatic rings. The number of hydrogen-bond donors (Lipinski definition) is 1. The molecule has 2 heterocycles. The molecule has 1 aliphatic carbocycles. The molecule has 1 fully saturated rings. The summed E-state index contributed by atoms with van der Waals surface area (Å²) in [4.78, 5) is 14.0. The van der Waals surface area contributed by atoms with Crippen LogP contribution in [0.25, 0.3) is 21.8 Å². The fraction of sp³-hybridized carbons (Fsp3) is 0.360. The highest BCUT2D eigenvalue weighted by Crippen LogP contribution is 2.38. The number of hydrogen-bond acceptors (Lipinski definition) is 6. The van der Waals surface area contributed by atoms with Crippen LogP contribution in [0.3, 0.4) is 0 Å². The summed E-state index contributed by atoms with van der Waals surface area (Å²) in [6.45, 7) is 2.51. The molecule has 8 heteroatoms. The van der Waals surface area contributed by atoms with E-state index in [1.165, 1.54) is 6.33 Å². The van der Waals surface area contributed by atoms with Crippen LogP contribution in [0.4, 0.5) is 4.39 Å². The number of ether oxygens (including phenoxy) is 3. The summed E-state index contributed by atoms with van der Waals surface area (Å²) in [5, 5.41) is 1.09. The molecule has 0 unspecified atom stereocenters. The van der Waals surface area contributed by atoms with Crippen LogP contribution in [0.2, 0.25) is 0 Å². The van der Waals surface area contributed by atoms with Gasteiger partial charge in [-0.15, -0.1) is 0 Å². The summed E-state index contributed by atoms with van der Waals surface area (Å²) in [5.74, 6) is 1.62. The number of fused-ring (bicyclic) bond motifs is 2. The predicted octanol–water partition coefficient (Wildman–Crippen LogP) is 5.08. The summed E-state index contributed by atoms with van der Waals surface area (Å²) in [5.41, 5.74) is 2.23. The van der Waals surface area contributed by atoms with Crippen molar-refractivity contribution in [1.29, 1.82) is 0 Å². The molecule has 1 saturated carbocycles. The van der Waals surface area contributed by atoms with Gasteiger partial charge in [-0.1, -0.05) is 0 Å². The molecule has 0 saturated heterocycles. The number of aromatic nitrogens is 3. The minimum Gasteiger partial charge on any atom is -0.493 e. The minimum atomic E-state index is -0.438. The molecule has 0 bridgehead atoms. The zero-order chi connectivity index (χ0) is 23.1. The maximum atomic E-state index is 15.0. The molecule has 0 amide bonds. The number of aryl methyl sites for hydroxylation is 1. The minimum absolute atomic E-state index is 0.0984. The summed E-state index contributed by atoms with van der Waals surface area (Å²) in [6, 6.07) is 9.36. The summed E-state index contributed by atoms with van der Waals surface area (Å²) >= 11 is 0. The fourth-order valence-corrected chi connectivity index (χ4v) is 4.33. The normalized spacial score (nSPS) is 18.0. The topological polar surface area (TPSA) is 72.5 Å². The van der Waals surface area contributed by atoms with Crippen LogP contribution in [0.15, 0.2) is 36.7 Å². The molecule has 2 aromatic carbocycles. The number of benzene rings is 2. The van der Waals surface area contributed by atoms with Crippen LogP contribution in [-0.4, -0.2) is 53.7 Å². The van der Waals surface area contributed by atoms with E-state index in [9.17, 15) is 0 Å². The Bertz CT molecular complexity index is 1310. The summed E-state index contributed by atoms with van der Waals surface area (Å²) in [6.07, 6.45) is 3.65. The van der Waals surface area contributed by atoms with Gasteiger partial charge in [-0.2, -0.15) is 0 Å². The third-order valence-electron chi connectivity index (χ3n) is 6.34. The van der Waals surface area contributed by atoms with Crippen LogP contribution < -0.4 is 14.2 Å². The van der Waals surface area contributed by atoms with Gasteiger partial charge in [0.1, 0.15) is 6.33 Å². The quantitative estimate of drug-likeness (QED) is 0.423. The first-order valence-electron chi connectivity index (χ1n) is 11.0. The van der Waals surface area contributed by atoms with Crippen molar-refractivity contribution in [3.8, 4) is 23.1 Å². The van der Waals surface area contributed by atoms with E-state index in [-0.39, 0.29) is 11.6 Å². The van der Waals surface area contributed by atoms with Crippen molar-refractivity contribution in [3.05, 3.63) is 48.2 Å². The van der Waals surface area contributed by atoms with Gasteiger partial charge in [0.25, 0.3) is 0 Å². The first-order chi connectivity index (χ1) is 15.9. The summed E-state index contributed by atoms with van der Waals surface area (Å²) in [7, 11) is 5.80. The highest BCUT2D eigenvalue weighted by molar-refractivity contribution is 5.87. The van der Waals surface area contributed by atoms with Crippen molar-refractivity contribution in [2.75, 3.05) is 27.8 Å². The molecule has 5 rings (SSSR count). The van der Waals surface area contributed by atoms with Crippen molar-refractivity contribution in [3.63, 3.8) is 0 Å². The lowest BCUT2D eigenvalue weighted by Crippen LogP contribution is -2.42. The number of rotatable bonds is 7. The van der Waals surface area contributed by atoms with Crippen LogP contribution in [0.1, 0.15) is 18.5 Å². The number of H-pyrrole nitrogens is 1. The first-order valence-corrected chi connectivity index (χ1v) is 11.0. The Hall–Kier alpha value is -3.39. The second-order valence-corrected chi connectivity index (χ2v) is 8.86. The monoisotopic (exact) mass is 450 g/mol. The second kappa shape index (κ2) is 8.51. The van der Waals surface area contributed by atoms with Crippen LogP contribution in [-0.2, 0) is 0 Å². The highest BCUT2D eigenvalue weighted by atomic mass is 19.1. The number of nitrogens with zero attached hydrogens (tertiary/aromatic N) is 3. The zero-order valence-corrected chi connectivity index (χ0v) is 19.2. The third kappa shape index (κ3) is 4.06. The molecular weight excluding hydrogens is 423 g/mol. The van der Waals surface area contributed by atoms with Gasteiger partial charge in [-0.25, -0.2) is 14.4 Å². The molecule has 172 valence electrons. The summed E-state index contributed by atoms with van der Waals surface area (Å²) < 4.78 is 32.6. The van der Waals surface area contributed by atoms with E-state index in [0.29, 0.717) is 46.4 Å². The van der Waals surface area contributed by atoms with Crippen molar-refractivity contribution in [1.82, 2.24) is 19.9 Å². The van der Waals surface area contributed by atoms with Gasteiger partial charge in [0.2, 0.25) is 5.88 Å². The fourth-order valence-electron chi connectivity index (χ4n) is 4.33. The van der Waals surface area contributed by atoms with Crippen molar-refractivity contribution in [2.24, 2.45) is 5.92 Å². The molecular formula is C25H27FN4O3. The Morgan fingerprint density at radius 1 is 1.06 bits per heavy atom. The Morgan fingerprint density at radius 3 is 2.64 bits per heavy atom.